The van der Waals surface area contributed by atoms with Crippen LogP contribution in [-0.4, -0.2) is 20.4 Å². The smallest absolute Gasteiger partial charge is 0.160 e. The van der Waals surface area contributed by atoms with Crippen LogP contribution in [0.5, 0.6) is 0 Å². The lowest BCUT2D eigenvalue weighted by Crippen LogP contribution is -2.07. The Kier molecular flexibility index (Phi) is 5.64. The summed E-state index contributed by atoms with van der Waals surface area (Å²) in [6, 6.07) is 16.6. The summed E-state index contributed by atoms with van der Waals surface area (Å²) in [5, 5.41) is 0. The molecule has 25 heavy (non-hydrogen) atoms. The molecular weight excluding hydrogens is 346 g/mol. The highest BCUT2D eigenvalue weighted by Gasteiger charge is 1.98. The van der Waals surface area contributed by atoms with Gasteiger partial charge in [0.15, 0.2) is 6.29 Å². The van der Waals surface area contributed by atoms with E-state index in [4.69, 9.17) is 0 Å². The summed E-state index contributed by atoms with van der Waals surface area (Å²) in [6.07, 6.45) is 9.31. The fraction of sp³-hybridized carbons (Fsp3) is 0.0952. The van der Waals surface area contributed by atoms with Crippen molar-refractivity contribution in [2.75, 3.05) is 19.0 Å². The molecule has 2 heterocycles. The average Bonchev–Trinajstić information content (AvgIpc) is 3.27. The van der Waals surface area contributed by atoms with Gasteiger partial charge in [-0.3, -0.25) is 4.79 Å². The lowest BCUT2D eigenvalue weighted by atomic mass is 10.2. The van der Waals surface area contributed by atoms with Crippen molar-refractivity contribution in [2.24, 2.45) is 0 Å². The van der Waals surface area contributed by atoms with Gasteiger partial charge in [0.05, 0.1) is 4.88 Å². The molecule has 2 nitrogen and oxygen atoms in total. The van der Waals surface area contributed by atoms with Gasteiger partial charge >= 0.3 is 0 Å². The van der Waals surface area contributed by atoms with Crippen LogP contribution in [0.3, 0.4) is 0 Å². The molecule has 0 atom stereocenters. The van der Waals surface area contributed by atoms with Gasteiger partial charge in [-0.1, -0.05) is 18.2 Å². The topological polar surface area (TPSA) is 20.3 Å². The number of anilines is 1. The van der Waals surface area contributed by atoms with E-state index in [-0.39, 0.29) is 0 Å². The summed E-state index contributed by atoms with van der Waals surface area (Å²) in [4.78, 5) is 17.1. The van der Waals surface area contributed by atoms with E-state index >= 15 is 0 Å². The normalized spacial score (nSPS) is 11.4. The van der Waals surface area contributed by atoms with E-state index < -0.39 is 0 Å². The fourth-order valence-electron chi connectivity index (χ4n) is 2.30. The third-order valence-corrected chi connectivity index (χ3v) is 5.66. The van der Waals surface area contributed by atoms with E-state index in [0.29, 0.717) is 0 Å². The quantitative estimate of drug-likeness (QED) is 0.497. The van der Waals surface area contributed by atoms with Crippen molar-refractivity contribution in [1.29, 1.82) is 0 Å². The number of nitrogens with zero attached hydrogens (tertiary/aromatic N) is 1. The van der Waals surface area contributed by atoms with E-state index in [1.54, 1.807) is 11.3 Å². The summed E-state index contributed by atoms with van der Waals surface area (Å²) in [5.74, 6) is 0. The zero-order valence-corrected chi connectivity index (χ0v) is 15.8. The highest BCUT2D eigenvalue weighted by molar-refractivity contribution is 7.15. The molecule has 0 aliphatic heterocycles. The lowest BCUT2D eigenvalue weighted by molar-refractivity contribution is 0.112. The van der Waals surface area contributed by atoms with Gasteiger partial charge in [-0.15, -0.1) is 22.7 Å². The van der Waals surface area contributed by atoms with Gasteiger partial charge in [-0.25, -0.2) is 0 Å². The van der Waals surface area contributed by atoms with Crippen LogP contribution in [0.4, 0.5) is 5.69 Å². The Morgan fingerprint density at radius 3 is 1.64 bits per heavy atom. The van der Waals surface area contributed by atoms with Crippen LogP contribution in [0.25, 0.3) is 24.3 Å². The Labute approximate surface area is 156 Å². The number of rotatable bonds is 6. The van der Waals surface area contributed by atoms with Crippen molar-refractivity contribution in [3.8, 4) is 0 Å². The zero-order valence-electron chi connectivity index (χ0n) is 14.2. The standard InChI is InChI=1S/C21H19NOS2/c1-22(2)17-6-3-16(4-7-17)5-8-18-9-10-19(24-18)11-12-20-13-14-21(15-23)25-20/h3-15H,1-2H3/b8-5+,12-11+. The first-order valence-electron chi connectivity index (χ1n) is 7.92. The Hall–Kier alpha value is -2.43. The summed E-state index contributed by atoms with van der Waals surface area (Å²) in [7, 11) is 4.09. The summed E-state index contributed by atoms with van der Waals surface area (Å²) < 4.78 is 0. The monoisotopic (exact) mass is 365 g/mol. The Morgan fingerprint density at radius 1 is 0.680 bits per heavy atom. The predicted octanol–water partition coefficient (Wildman–Crippen LogP) is 6.03. The minimum Gasteiger partial charge on any atom is -0.378 e. The summed E-state index contributed by atoms with van der Waals surface area (Å²) in [5.41, 5.74) is 2.39. The second-order valence-electron chi connectivity index (χ2n) is 5.75. The number of carbonyl (C=O) groups is 1. The van der Waals surface area contributed by atoms with Crippen molar-refractivity contribution in [3.63, 3.8) is 0 Å². The minimum atomic E-state index is 0.759. The second-order valence-corrected chi connectivity index (χ2v) is 8.04. The molecule has 0 unspecified atom stereocenters. The molecule has 4 heteroatoms. The largest absolute Gasteiger partial charge is 0.378 e. The fourth-order valence-corrected chi connectivity index (χ4v) is 3.84. The second kappa shape index (κ2) is 8.10. The minimum absolute atomic E-state index is 0.759. The van der Waals surface area contributed by atoms with Crippen molar-refractivity contribution in [1.82, 2.24) is 0 Å². The maximum Gasteiger partial charge on any atom is 0.160 e. The molecule has 3 rings (SSSR count). The number of benzene rings is 1. The van der Waals surface area contributed by atoms with Crippen LogP contribution in [0.1, 0.15) is 29.9 Å². The van der Waals surface area contributed by atoms with E-state index in [9.17, 15) is 4.79 Å². The highest BCUT2D eigenvalue weighted by Crippen LogP contribution is 2.23. The van der Waals surface area contributed by atoms with Gasteiger partial charge in [0.1, 0.15) is 0 Å². The Bertz CT molecular complexity index is 898. The van der Waals surface area contributed by atoms with Gasteiger partial charge in [-0.2, -0.15) is 0 Å². The SMILES string of the molecule is CN(C)c1ccc(/C=C/c2ccc(/C=C/c3ccc(C=O)s3)s2)cc1. The molecule has 3 aromatic rings. The number of hydrogen-bond donors (Lipinski definition) is 0. The molecule has 0 aliphatic carbocycles. The molecule has 126 valence electrons. The molecule has 0 N–H and O–H groups in total. The van der Waals surface area contributed by atoms with E-state index in [1.807, 2.05) is 26.2 Å². The molecule has 0 saturated heterocycles. The van der Waals surface area contributed by atoms with Crippen LogP contribution >= 0.6 is 22.7 Å². The Morgan fingerprint density at radius 2 is 1.16 bits per heavy atom. The van der Waals surface area contributed by atoms with E-state index in [1.165, 1.54) is 32.3 Å². The first-order chi connectivity index (χ1) is 12.1. The molecule has 0 saturated carbocycles. The van der Waals surface area contributed by atoms with E-state index in [0.717, 1.165) is 16.0 Å². The van der Waals surface area contributed by atoms with Crippen LogP contribution in [0.15, 0.2) is 48.5 Å². The van der Waals surface area contributed by atoms with Crippen LogP contribution < -0.4 is 4.90 Å². The Balaban J connectivity index is 1.65. The molecule has 2 aromatic heterocycles. The van der Waals surface area contributed by atoms with Crippen molar-refractivity contribution in [2.45, 2.75) is 0 Å². The van der Waals surface area contributed by atoms with Gasteiger partial charge in [0.2, 0.25) is 0 Å². The maximum absolute atomic E-state index is 10.7. The third kappa shape index (κ3) is 4.78. The highest BCUT2D eigenvalue weighted by atomic mass is 32.1. The van der Waals surface area contributed by atoms with Gasteiger partial charge < -0.3 is 4.90 Å². The van der Waals surface area contributed by atoms with Gasteiger partial charge in [0, 0.05) is 34.4 Å². The molecule has 0 bridgehead atoms. The van der Waals surface area contributed by atoms with Gasteiger partial charge in [-0.05, 0) is 60.2 Å². The van der Waals surface area contributed by atoms with Crippen LogP contribution in [0, 0.1) is 0 Å². The number of hydrogen-bond acceptors (Lipinski definition) is 4. The molecule has 0 aliphatic rings. The first kappa shape index (κ1) is 17.4. The first-order valence-corrected chi connectivity index (χ1v) is 9.56. The third-order valence-electron chi connectivity index (χ3n) is 3.67. The molecule has 0 fully saturated rings. The molecule has 0 spiro atoms. The molecular formula is C21H19NOS2. The van der Waals surface area contributed by atoms with Crippen molar-refractivity contribution in [3.05, 3.63) is 73.6 Å². The van der Waals surface area contributed by atoms with Crippen molar-refractivity contribution < 1.29 is 4.79 Å². The number of carbonyl (C=O) groups excluding carboxylic acids is 1. The van der Waals surface area contributed by atoms with Crippen LogP contribution in [-0.2, 0) is 0 Å². The number of aldehydes is 1. The zero-order chi connectivity index (χ0) is 17.6. The summed E-state index contributed by atoms with van der Waals surface area (Å²) in [6.45, 7) is 0. The van der Waals surface area contributed by atoms with E-state index in [2.05, 4.69) is 65.6 Å². The van der Waals surface area contributed by atoms with Crippen molar-refractivity contribution >= 4 is 59.0 Å². The predicted molar refractivity (Wildman–Crippen MR) is 113 cm³/mol. The van der Waals surface area contributed by atoms with Crippen LogP contribution in [0.2, 0.25) is 0 Å². The molecule has 0 amide bonds. The molecule has 0 radical (unpaired) electrons. The molecule has 1 aromatic carbocycles. The number of thiophene rings is 2. The summed E-state index contributed by atoms with van der Waals surface area (Å²) >= 11 is 3.25. The average molecular weight is 366 g/mol. The maximum atomic E-state index is 10.7. The van der Waals surface area contributed by atoms with Gasteiger partial charge in [0.25, 0.3) is 0 Å². The lowest BCUT2D eigenvalue weighted by Gasteiger charge is -2.11.